The van der Waals surface area contributed by atoms with Gasteiger partial charge in [0.2, 0.25) is 0 Å². The summed E-state index contributed by atoms with van der Waals surface area (Å²) >= 11 is 2.79. The van der Waals surface area contributed by atoms with Crippen molar-refractivity contribution in [1.29, 1.82) is 0 Å². The highest BCUT2D eigenvalue weighted by molar-refractivity contribution is 9.10. The fourth-order valence-corrected chi connectivity index (χ4v) is 1.95. The molecule has 90 valence electrons. The molecule has 0 unspecified atom stereocenters. The maximum atomic E-state index is 13.5. The number of halogens is 4. The van der Waals surface area contributed by atoms with E-state index in [0.29, 0.717) is 0 Å². The zero-order valence-corrected chi connectivity index (χ0v) is 10.5. The number of rotatable bonds is 3. The Balaban J connectivity index is 3.46. The summed E-state index contributed by atoms with van der Waals surface area (Å²) in [7, 11) is 0. The average molecular weight is 297 g/mol. The van der Waals surface area contributed by atoms with Crippen LogP contribution >= 0.6 is 15.9 Å². The Kier molecular flexibility index (Phi) is 4.02. The SMILES string of the molecule is CCC(O)(CC)c1cc(Br)c(F)c(F)c1F. The fourth-order valence-electron chi connectivity index (χ4n) is 1.54. The van der Waals surface area contributed by atoms with E-state index in [1.54, 1.807) is 13.8 Å². The molecule has 0 spiro atoms. The molecule has 1 rings (SSSR count). The highest BCUT2D eigenvalue weighted by Gasteiger charge is 2.31. The molecular formula is C11H12BrF3O. The standard InChI is InChI=1S/C11H12BrF3O/c1-3-11(16,4-2)6-5-7(12)9(14)10(15)8(6)13/h5,16H,3-4H2,1-2H3. The van der Waals surface area contributed by atoms with Crippen LogP contribution in [0.15, 0.2) is 10.5 Å². The summed E-state index contributed by atoms with van der Waals surface area (Å²) in [6, 6.07) is 1.08. The molecule has 0 saturated heterocycles. The molecule has 0 aliphatic carbocycles. The molecule has 0 atom stereocenters. The normalized spacial score (nSPS) is 11.9. The predicted octanol–water partition coefficient (Wildman–Crippen LogP) is 3.87. The van der Waals surface area contributed by atoms with Gasteiger partial charge in [-0.3, -0.25) is 0 Å². The Bertz CT molecular complexity index is 403. The zero-order chi connectivity index (χ0) is 12.5. The summed E-state index contributed by atoms with van der Waals surface area (Å²) in [6.07, 6.45) is 0.440. The second-order valence-corrected chi connectivity index (χ2v) is 4.44. The predicted molar refractivity (Wildman–Crippen MR) is 58.5 cm³/mol. The molecule has 16 heavy (non-hydrogen) atoms. The first-order valence-electron chi connectivity index (χ1n) is 4.93. The van der Waals surface area contributed by atoms with E-state index in [1.807, 2.05) is 0 Å². The lowest BCUT2D eigenvalue weighted by Gasteiger charge is -2.26. The maximum Gasteiger partial charge on any atom is 0.195 e. The van der Waals surface area contributed by atoms with E-state index in [0.717, 1.165) is 6.07 Å². The summed E-state index contributed by atoms with van der Waals surface area (Å²) in [5.41, 5.74) is -1.69. The highest BCUT2D eigenvalue weighted by Crippen LogP contribution is 2.34. The van der Waals surface area contributed by atoms with Crippen molar-refractivity contribution in [2.45, 2.75) is 32.3 Å². The molecule has 0 heterocycles. The van der Waals surface area contributed by atoms with Gasteiger partial charge in [-0.15, -0.1) is 0 Å². The Morgan fingerprint density at radius 2 is 1.62 bits per heavy atom. The van der Waals surface area contributed by atoms with Crippen LogP contribution in [-0.4, -0.2) is 5.11 Å². The minimum absolute atomic E-state index is 0.193. The van der Waals surface area contributed by atoms with Gasteiger partial charge in [-0.05, 0) is 34.8 Å². The van der Waals surface area contributed by atoms with Crippen LogP contribution in [0.25, 0.3) is 0 Å². The van der Waals surface area contributed by atoms with Crippen LogP contribution in [0.3, 0.4) is 0 Å². The van der Waals surface area contributed by atoms with Crippen molar-refractivity contribution in [3.8, 4) is 0 Å². The molecule has 0 fully saturated rings. The van der Waals surface area contributed by atoms with Crippen molar-refractivity contribution < 1.29 is 18.3 Å². The third-order valence-electron chi connectivity index (χ3n) is 2.77. The van der Waals surface area contributed by atoms with E-state index in [-0.39, 0.29) is 22.9 Å². The van der Waals surface area contributed by atoms with Crippen LogP contribution in [0.4, 0.5) is 13.2 Å². The van der Waals surface area contributed by atoms with E-state index in [2.05, 4.69) is 15.9 Å². The average Bonchev–Trinajstić information content (AvgIpc) is 2.30. The molecule has 0 aliphatic rings. The van der Waals surface area contributed by atoms with E-state index in [9.17, 15) is 18.3 Å². The second-order valence-electron chi connectivity index (χ2n) is 3.59. The zero-order valence-electron chi connectivity index (χ0n) is 8.95. The van der Waals surface area contributed by atoms with E-state index < -0.39 is 23.1 Å². The topological polar surface area (TPSA) is 20.2 Å². The van der Waals surface area contributed by atoms with E-state index in [4.69, 9.17) is 0 Å². The lowest BCUT2D eigenvalue weighted by molar-refractivity contribution is 0.0239. The second kappa shape index (κ2) is 4.75. The number of hydrogen-bond donors (Lipinski definition) is 1. The van der Waals surface area contributed by atoms with Crippen LogP contribution in [0, 0.1) is 17.5 Å². The maximum absolute atomic E-state index is 13.5. The Labute approximate surface area is 100 Å². The lowest BCUT2D eigenvalue weighted by Crippen LogP contribution is -2.26. The molecule has 0 bridgehead atoms. The van der Waals surface area contributed by atoms with Crippen LogP contribution < -0.4 is 0 Å². The van der Waals surface area contributed by atoms with Crippen molar-refractivity contribution in [2.24, 2.45) is 0 Å². The minimum atomic E-state index is -1.57. The summed E-state index contributed by atoms with van der Waals surface area (Å²) in [4.78, 5) is 0. The van der Waals surface area contributed by atoms with Gasteiger partial charge in [-0.1, -0.05) is 13.8 Å². The summed E-state index contributed by atoms with van der Waals surface area (Å²) < 4.78 is 39.5. The Morgan fingerprint density at radius 3 is 2.06 bits per heavy atom. The van der Waals surface area contributed by atoms with Crippen molar-refractivity contribution in [2.75, 3.05) is 0 Å². The molecule has 5 heteroatoms. The van der Waals surface area contributed by atoms with Gasteiger partial charge in [0.05, 0.1) is 10.1 Å². The van der Waals surface area contributed by atoms with Gasteiger partial charge >= 0.3 is 0 Å². The van der Waals surface area contributed by atoms with Crippen molar-refractivity contribution in [3.63, 3.8) is 0 Å². The molecule has 1 N–H and O–H groups in total. The monoisotopic (exact) mass is 296 g/mol. The molecular weight excluding hydrogens is 285 g/mol. The summed E-state index contributed by atoms with van der Waals surface area (Å²) in [6.45, 7) is 3.30. The number of hydrogen-bond acceptors (Lipinski definition) is 1. The quantitative estimate of drug-likeness (QED) is 0.663. The van der Waals surface area contributed by atoms with Crippen molar-refractivity contribution >= 4 is 15.9 Å². The van der Waals surface area contributed by atoms with Gasteiger partial charge in [-0.2, -0.15) is 0 Å². The van der Waals surface area contributed by atoms with Crippen LogP contribution in [0.5, 0.6) is 0 Å². The number of benzene rings is 1. The van der Waals surface area contributed by atoms with Gasteiger partial charge in [0.25, 0.3) is 0 Å². The molecule has 1 aromatic rings. The van der Waals surface area contributed by atoms with E-state index in [1.165, 1.54) is 0 Å². The molecule has 1 aromatic carbocycles. The van der Waals surface area contributed by atoms with Crippen LogP contribution in [0.1, 0.15) is 32.3 Å². The third-order valence-corrected chi connectivity index (χ3v) is 3.35. The molecule has 0 amide bonds. The fraction of sp³-hybridized carbons (Fsp3) is 0.455. The van der Waals surface area contributed by atoms with Crippen molar-refractivity contribution in [1.82, 2.24) is 0 Å². The van der Waals surface area contributed by atoms with Crippen LogP contribution in [0.2, 0.25) is 0 Å². The van der Waals surface area contributed by atoms with Gasteiger partial charge in [-0.25, -0.2) is 13.2 Å². The van der Waals surface area contributed by atoms with E-state index >= 15 is 0 Å². The van der Waals surface area contributed by atoms with Gasteiger partial charge in [0.1, 0.15) is 0 Å². The molecule has 1 nitrogen and oxygen atoms in total. The first-order chi connectivity index (χ1) is 7.37. The summed E-state index contributed by atoms with van der Waals surface area (Å²) in [5, 5.41) is 10.1. The Hall–Kier alpha value is -0.550. The van der Waals surface area contributed by atoms with Gasteiger partial charge < -0.3 is 5.11 Å². The minimum Gasteiger partial charge on any atom is -0.385 e. The largest absolute Gasteiger partial charge is 0.385 e. The molecule has 0 aliphatic heterocycles. The lowest BCUT2D eigenvalue weighted by atomic mass is 9.88. The van der Waals surface area contributed by atoms with Crippen molar-refractivity contribution in [3.05, 3.63) is 33.6 Å². The first-order valence-corrected chi connectivity index (χ1v) is 5.72. The first kappa shape index (κ1) is 13.5. The molecule has 0 saturated carbocycles. The van der Waals surface area contributed by atoms with Gasteiger partial charge in [0, 0.05) is 5.56 Å². The smallest absolute Gasteiger partial charge is 0.195 e. The van der Waals surface area contributed by atoms with Crippen LogP contribution in [-0.2, 0) is 5.60 Å². The highest BCUT2D eigenvalue weighted by atomic mass is 79.9. The molecule has 0 aromatic heterocycles. The summed E-state index contributed by atoms with van der Waals surface area (Å²) in [5.74, 6) is -4.17. The third kappa shape index (κ3) is 2.11. The molecule has 0 radical (unpaired) electrons. The van der Waals surface area contributed by atoms with Gasteiger partial charge in [0.15, 0.2) is 17.5 Å². The Morgan fingerprint density at radius 1 is 1.12 bits per heavy atom. The number of aliphatic hydroxyl groups is 1.